The summed E-state index contributed by atoms with van der Waals surface area (Å²) >= 11 is 0. The van der Waals surface area contributed by atoms with Crippen LogP contribution in [0.25, 0.3) is 0 Å². The van der Waals surface area contributed by atoms with Crippen LogP contribution in [0.3, 0.4) is 0 Å². The van der Waals surface area contributed by atoms with Crippen molar-refractivity contribution in [1.82, 2.24) is 5.01 Å². The Balaban J connectivity index is 2.78. The molecule has 0 spiro atoms. The van der Waals surface area contributed by atoms with Gasteiger partial charge in [0.15, 0.2) is 0 Å². The van der Waals surface area contributed by atoms with Crippen LogP contribution < -0.4 is 0 Å². The van der Waals surface area contributed by atoms with Crippen molar-refractivity contribution in [3.05, 3.63) is 35.6 Å². The Labute approximate surface area is 76.0 Å². The molecular formula is C9H10FN3. The molecular weight excluding hydrogens is 169 g/mol. The molecule has 0 unspecified atom stereocenters. The van der Waals surface area contributed by atoms with Gasteiger partial charge in [0, 0.05) is 12.3 Å². The van der Waals surface area contributed by atoms with Crippen molar-refractivity contribution >= 4 is 13.1 Å². The third-order valence-corrected chi connectivity index (χ3v) is 1.62. The minimum atomic E-state index is -0.294. The average molecular weight is 179 g/mol. The molecule has 0 amide bonds. The first-order valence-corrected chi connectivity index (χ1v) is 3.75. The lowest BCUT2D eigenvalue weighted by Gasteiger charge is -2.11. The molecule has 4 heteroatoms. The molecule has 0 bridgehead atoms. The van der Waals surface area contributed by atoms with E-state index >= 15 is 0 Å². The summed E-state index contributed by atoms with van der Waals surface area (Å²) in [5.41, 5.74) is 0.499. The summed E-state index contributed by atoms with van der Waals surface area (Å²) in [5, 5.41) is 11.7. The van der Waals surface area contributed by atoms with Crippen LogP contribution in [0.4, 0.5) is 4.39 Å². The summed E-state index contributed by atoms with van der Waals surface area (Å²) in [5.74, 6) is -0.294. The van der Waals surface area contributed by atoms with Gasteiger partial charge in [0.25, 0.3) is 0 Å². The maximum atomic E-state index is 13.1. The number of hydrazone groups is 1. The molecule has 0 aliphatic rings. The predicted octanol–water partition coefficient (Wildman–Crippen LogP) is 1.85. The average Bonchev–Trinajstić information content (AvgIpc) is 2.17. The number of nitrogens with zero attached hydrogens (tertiary/aromatic N) is 2. The topological polar surface area (TPSA) is 39.5 Å². The predicted molar refractivity (Wildman–Crippen MR) is 50.3 cm³/mol. The van der Waals surface area contributed by atoms with Crippen molar-refractivity contribution in [2.75, 3.05) is 0 Å². The van der Waals surface area contributed by atoms with Crippen LogP contribution in [-0.2, 0) is 6.54 Å². The third-order valence-electron chi connectivity index (χ3n) is 1.62. The number of rotatable bonds is 4. The van der Waals surface area contributed by atoms with E-state index in [9.17, 15) is 4.39 Å². The molecule has 0 aliphatic heterocycles. The van der Waals surface area contributed by atoms with Gasteiger partial charge < -0.3 is 0 Å². The number of hydrogen-bond acceptors (Lipinski definition) is 2. The Morgan fingerprint density at radius 2 is 2.23 bits per heavy atom. The highest BCUT2D eigenvalue weighted by molar-refractivity contribution is 5.51. The fourth-order valence-electron chi connectivity index (χ4n) is 0.938. The highest BCUT2D eigenvalue weighted by atomic mass is 19.1. The highest BCUT2D eigenvalue weighted by Gasteiger charge is 2.03. The van der Waals surface area contributed by atoms with Crippen molar-refractivity contribution in [2.24, 2.45) is 5.10 Å². The highest BCUT2D eigenvalue weighted by Crippen LogP contribution is 2.08. The van der Waals surface area contributed by atoms with Gasteiger partial charge in [0.1, 0.15) is 12.2 Å². The molecule has 0 radical (unpaired) electrons. The lowest BCUT2D eigenvalue weighted by Crippen LogP contribution is -2.14. The van der Waals surface area contributed by atoms with Crippen molar-refractivity contribution in [2.45, 2.75) is 6.54 Å². The van der Waals surface area contributed by atoms with Crippen molar-refractivity contribution in [1.29, 1.82) is 5.41 Å². The fraction of sp³-hybridized carbons (Fsp3) is 0.111. The largest absolute Gasteiger partial charge is 0.290 e. The number of benzene rings is 1. The summed E-state index contributed by atoms with van der Waals surface area (Å²) in [6.07, 6.45) is 0.999. The molecule has 1 aromatic carbocycles. The first-order valence-electron chi connectivity index (χ1n) is 3.75. The molecule has 1 rings (SSSR count). The van der Waals surface area contributed by atoms with E-state index in [1.54, 1.807) is 18.2 Å². The van der Waals surface area contributed by atoms with Crippen LogP contribution in [0.5, 0.6) is 0 Å². The molecule has 0 atom stereocenters. The maximum absolute atomic E-state index is 13.1. The minimum Gasteiger partial charge on any atom is -0.290 e. The monoisotopic (exact) mass is 179 g/mol. The molecule has 0 heterocycles. The smallest absolute Gasteiger partial charge is 0.128 e. The molecule has 0 fully saturated rings. The van der Waals surface area contributed by atoms with Gasteiger partial charge in [-0.3, -0.25) is 10.4 Å². The minimum absolute atomic E-state index is 0.236. The third kappa shape index (κ3) is 2.37. The van der Waals surface area contributed by atoms with Crippen molar-refractivity contribution in [3.63, 3.8) is 0 Å². The van der Waals surface area contributed by atoms with Gasteiger partial charge in [-0.1, -0.05) is 18.2 Å². The quantitative estimate of drug-likeness (QED) is 0.427. The van der Waals surface area contributed by atoms with Crippen LogP contribution >= 0.6 is 0 Å². The lowest BCUT2D eigenvalue weighted by molar-refractivity contribution is 0.440. The second kappa shape index (κ2) is 4.35. The second-order valence-electron chi connectivity index (χ2n) is 2.46. The van der Waals surface area contributed by atoms with E-state index < -0.39 is 0 Å². The summed E-state index contributed by atoms with van der Waals surface area (Å²) in [6.45, 7) is 3.50. The zero-order chi connectivity index (χ0) is 9.68. The van der Waals surface area contributed by atoms with Gasteiger partial charge >= 0.3 is 0 Å². The van der Waals surface area contributed by atoms with Gasteiger partial charge in [-0.15, -0.1) is 0 Å². The van der Waals surface area contributed by atoms with Gasteiger partial charge in [-0.05, 0) is 6.07 Å². The van der Waals surface area contributed by atoms with Gasteiger partial charge in [0.2, 0.25) is 0 Å². The van der Waals surface area contributed by atoms with Crippen LogP contribution in [0.2, 0.25) is 0 Å². The van der Waals surface area contributed by atoms with Gasteiger partial charge in [0.05, 0.1) is 6.54 Å². The van der Waals surface area contributed by atoms with E-state index in [4.69, 9.17) is 5.41 Å². The number of hydrogen-bond donors (Lipinski definition) is 1. The molecule has 68 valence electrons. The number of nitrogens with one attached hydrogen (secondary N) is 1. The first-order chi connectivity index (χ1) is 6.27. The summed E-state index contributed by atoms with van der Waals surface area (Å²) in [4.78, 5) is 0. The van der Waals surface area contributed by atoms with E-state index in [1.807, 2.05) is 0 Å². The van der Waals surface area contributed by atoms with E-state index in [0.29, 0.717) is 5.56 Å². The molecule has 0 aliphatic carbocycles. The standard InChI is InChI=1S/C9H10FN3/c1-12-13(7-11)6-8-4-2-3-5-9(8)10/h2-5,7,11H,1,6H2. The van der Waals surface area contributed by atoms with Crippen molar-refractivity contribution in [3.8, 4) is 0 Å². The normalized spacial score (nSPS) is 9.31. The zero-order valence-electron chi connectivity index (χ0n) is 7.07. The maximum Gasteiger partial charge on any atom is 0.128 e. The first kappa shape index (κ1) is 9.38. The molecule has 1 aromatic rings. The van der Waals surface area contributed by atoms with Crippen LogP contribution in [-0.4, -0.2) is 18.1 Å². The van der Waals surface area contributed by atoms with E-state index in [1.165, 1.54) is 11.1 Å². The SMILES string of the molecule is C=NN(C=N)Cc1ccccc1F. The van der Waals surface area contributed by atoms with Crippen molar-refractivity contribution < 1.29 is 4.39 Å². The van der Waals surface area contributed by atoms with Crippen LogP contribution in [0.1, 0.15) is 5.56 Å². The van der Waals surface area contributed by atoms with Gasteiger partial charge in [-0.25, -0.2) is 4.39 Å². The Morgan fingerprint density at radius 3 is 2.77 bits per heavy atom. The van der Waals surface area contributed by atoms with Gasteiger partial charge in [-0.2, -0.15) is 5.10 Å². The number of halogens is 1. The molecule has 0 aromatic heterocycles. The lowest BCUT2D eigenvalue weighted by atomic mass is 10.2. The summed E-state index contributed by atoms with van der Waals surface area (Å²) in [7, 11) is 0. The summed E-state index contributed by atoms with van der Waals surface area (Å²) < 4.78 is 13.1. The molecule has 0 saturated heterocycles. The van der Waals surface area contributed by atoms with E-state index in [-0.39, 0.29) is 12.4 Å². The van der Waals surface area contributed by atoms with E-state index in [2.05, 4.69) is 11.8 Å². The molecule has 1 N–H and O–H groups in total. The molecule has 13 heavy (non-hydrogen) atoms. The Hall–Kier alpha value is -1.71. The Kier molecular flexibility index (Phi) is 3.14. The Bertz CT molecular complexity index is 303. The summed E-state index contributed by atoms with van der Waals surface area (Å²) in [6, 6.07) is 6.39. The Morgan fingerprint density at radius 1 is 1.54 bits per heavy atom. The second-order valence-corrected chi connectivity index (χ2v) is 2.46. The fourth-order valence-corrected chi connectivity index (χ4v) is 0.938. The van der Waals surface area contributed by atoms with Crippen LogP contribution in [0, 0.1) is 11.2 Å². The molecule has 3 nitrogen and oxygen atoms in total. The van der Waals surface area contributed by atoms with E-state index in [0.717, 1.165) is 6.34 Å². The van der Waals surface area contributed by atoms with Crippen LogP contribution in [0.15, 0.2) is 29.4 Å². The zero-order valence-corrected chi connectivity index (χ0v) is 7.07. The molecule has 0 saturated carbocycles.